The number of nitrogens with zero attached hydrogens (tertiary/aromatic N) is 3. The summed E-state index contributed by atoms with van der Waals surface area (Å²) in [5.41, 5.74) is 11.8. The largest absolute Gasteiger partial charge is 0.495 e. The van der Waals surface area contributed by atoms with Crippen molar-refractivity contribution >= 4 is 5.71 Å². The Bertz CT molecular complexity index is 569. The van der Waals surface area contributed by atoms with Crippen molar-refractivity contribution in [1.29, 1.82) is 0 Å². The molecule has 0 heterocycles. The monoisotopic (exact) mass is 269 g/mol. The van der Waals surface area contributed by atoms with E-state index >= 15 is 0 Å². The van der Waals surface area contributed by atoms with Gasteiger partial charge in [0.05, 0.1) is 12.3 Å². The third-order valence-electron chi connectivity index (χ3n) is 3.18. The van der Waals surface area contributed by atoms with E-state index in [1.807, 2.05) is 44.3 Å². The number of ether oxygens (including phenoxy) is 1. The van der Waals surface area contributed by atoms with Gasteiger partial charge in [0.1, 0.15) is 12.2 Å². The summed E-state index contributed by atoms with van der Waals surface area (Å²) in [6, 6.07) is 10.3. The van der Waals surface area contributed by atoms with Crippen molar-refractivity contribution in [2.45, 2.75) is 19.9 Å². The molecule has 0 saturated heterocycles. The molecule has 0 radical (unpaired) electrons. The lowest BCUT2D eigenvalue weighted by Crippen LogP contribution is -2.22. The Hall–Kier alpha value is -2.32. The van der Waals surface area contributed by atoms with Crippen LogP contribution in [0.4, 0.5) is 0 Å². The molecule has 1 aliphatic carbocycles. The number of benzene rings is 1. The van der Waals surface area contributed by atoms with E-state index in [1.165, 1.54) is 5.56 Å². The van der Waals surface area contributed by atoms with Gasteiger partial charge in [-0.3, -0.25) is 0 Å². The maximum absolute atomic E-state index is 8.88. The highest BCUT2D eigenvalue weighted by atomic mass is 16.5. The van der Waals surface area contributed by atoms with Crippen LogP contribution in [-0.2, 0) is 11.3 Å². The minimum atomic E-state index is 0.523. The quantitative estimate of drug-likeness (QED) is 0.609. The minimum Gasteiger partial charge on any atom is -0.495 e. The van der Waals surface area contributed by atoms with Gasteiger partial charge in [-0.2, -0.15) is 4.79 Å². The second kappa shape index (κ2) is 6.73. The van der Waals surface area contributed by atoms with Crippen molar-refractivity contribution in [1.82, 2.24) is 4.90 Å². The molecule has 4 heteroatoms. The van der Waals surface area contributed by atoms with Crippen LogP contribution in [0.2, 0.25) is 0 Å². The highest BCUT2D eigenvalue weighted by Crippen LogP contribution is 2.22. The Balaban J connectivity index is 2.19. The van der Waals surface area contributed by atoms with E-state index in [9.17, 15) is 0 Å². The summed E-state index contributed by atoms with van der Waals surface area (Å²) in [6.45, 7) is 3.36. The fraction of sp³-hybridized carbons (Fsp3) is 0.312. The lowest BCUT2D eigenvalue weighted by atomic mass is 10.1. The number of likely N-dealkylation sites (N-methyl/N-ethyl adjacent to an activating group) is 1. The Kier molecular flexibility index (Phi) is 4.75. The Morgan fingerprint density at radius 2 is 2.00 bits per heavy atom. The van der Waals surface area contributed by atoms with E-state index in [1.54, 1.807) is 0 Å². The molecule has 0 atom stereocenters. The zero-order valence-electron chi connectivity index (χ0n) is 11.9. The summed E-state index contributed by atoms with van der Waals surface area (Å²) >= 11 is 0. The maximum Gasteiger partial charge on any atom is 0.299 e. The summed E-state index contributed by atoms with van der Waals surface area (Å²) < 4.78 is 5.68. The molecule has 104 valence electrons. The second-order valence-electron chi connectivity index (χ2n) is 4.68. The van der Waals surface area contributed by atoms with E-state index in [2.05, 4.69) is 21.8 Å². The third-order valence-corrected chi connectivity index (χ3v) is 3.18. The van der Waals surface area contributed by atoms with Crippen LogP contribution < -0.4 is 0 Å². The average molecular weight is 269 g/mol. The first-order valence-corrected chi connectivity index (χ1v) is 6.74. The summed E-state index contributed by atoms with van der Waals surface area (Å²) in [4.78, 5) is 5.40. The van der Waals surface area contributed by atoms with E-state index in [0.29, 0.717) is 18.7 Å². The molecule has 0 spiro atoms. The Morgan fingerprint density at radius 3 is 2.65 bits per heavy atom. The summed E-state index contributed by atoms with van der Waals surface area (Å²) in [5.74, 6) is 0.848. The van der Waals surface area contributed by atoms with Gasteiger partial charge in [-0.15, -0.1) is 0 Å². The van der Waals surface area contributed by atoms with Crippen LogP contribution in [0.25, 0.3) is 5.53 Å². The van der Waals surface area contributed by atoms with Crippen molar-refractivity contribution in [3.05, 3.63) is 65.0 Å². The molecule has 2 rings (SSSR count). The molecule has 0 fully saturated rings. The zero-order valence-corrected chi connectivity index (χ0v) is 11.9. The first-order chi connectivity index (χ1) is 9.74. The fourth-order valence-corrected chi connectivity index (χ4v) is 2.23. The van der Waals surface area contributed by atoms with Gasteiger partial charge in [-0.05, 0) is 18.6 Å². The third kappa shape index (κ3) is 3.37. The van der Waals surface area contributed by atoms with Gasteiger partial charge in [0, 0.05) is 19.7 Å². The molecule has 0 bridgehead atoms. The standard InChI is InChI=1S/C16H19N3O/c1-3-20-16-11-14(18-17)9-10-15(16)19(2)12-13-7-5-4-6-8-13/h4-10H,3,11-12H2,1-2H3. The summed E-state index contributed by atoms with van der Waals surface area (Å²) in [5, 5.41) is 0. The predicted octanol–water partition coefficient (Wildman–Crippen LogP) is 3.00. The van der Waals surface area contributed by atoms with Gasteiger partial charge in [-0.1, -0.05) is 30.3 Å². The van der Waals surface area contributed by atoms with E-state index in [0.717, 1.165) is 18.0 Å². The number of allylic oxidation sites excluding steroid dienone is 3. The van der Waals surface area contributed by atoms with Gasteiger partial charge >= 0.3 is 0 Å². The molecule has 0 aliphatic heterocycles. The molecule has 0 saturated carbocycles. The summed E-state index contributed by atoms with van der Waals surface area (Å²) in [7, 11) is 2.03. The van der Waals surface area contributed by atoms with Gasteiger partial charge in [-0.25, -0.2) is 0 Å². The van der Waals surface area contributed by atoms with Crippen molar-refractivity contribution in [3.8, 4) is 0 Å². The number of rotatable bonds is 5. The SMILES string of the molecule is CCOC1=C(N(C)Cc2ccccc2)C=CC(=[N+]=[N-])C1. The molecule has 4 nitrogen and oxygen atoms in total. The minimum absolute atomic E-state index is 0.523. The molecule has 20 heavy (non-hydrogen) atoms. The molecule has 0 unspecified atom stereocenters. The molecular weight excluding hydrogens is 250 g/mol. The van der Waals surface area contributed by atoms with Crippen molar-refractivity contribution in [2.24, 2.45) is 0 Å². The van der Waals surface area contributed by atoms with Crippen LogP contribution in [0.5, 0.6) is 0 Å². The van der Waals surface area contributed by atoms with E-state index in [-0.39, 0.29) is 0 Å². The van der Waals surface area contributed by atoms with Crippen LogP contribution >= 0.6 is 0 Å². The Morgan fingerprint density at radius 1 is 1.25 bits per heavy atom. The lowest BCUT2D eigenvalue weighted by molar-refractivity contribution is -0.00704. The average Bonchev–Trinajstić information content (AvgIpc) is 2.48. The van der Waals surface area contributed by atoms with Crippen LogP contribution in [0.15, 0.2) is 53.9 Å². The normalized spacial score (nSPS) is 14.2. The second-order valence-corrected chi connectivity index (χ2v) is 4.68. The Labute approximate surface area is 119 Å². The predicted molar refractivity (Wildman–Crippen MR) is 78.9 cm³/mol. The van der Waals surface area contributed by atoms with Crippen LogP contribution in [-0.4, -0.2) is 29.1 Å². The van der Waals surface area contributed by atoms with E-state index in [4.69, 9.17) is 10.3 Å². The highest BCUT2D eigenvalue weighted by Gasteiger charge is 2.21. The molecule has 1 aromatic carbocycles. The van der Waals surface area contributed by atoms with Crippen molar-refractivity contribution in [2.75, 3.05) is 13.7 Å². The van der Waals surface area contributed by atoms with Crippen molar-refractivity contribution in [3.63, 3.8) is 0 Å². The van der Waals surface area contributed by atoms with Gasteiger partial charge < -0.3 is 15.2 Å². The first-order valence-electron chi connectivity index (χ1n) is 6.74. The van der Waals surface area contributed by atoms with Crippen molar-refractivity contribution < 1.29 is 9.53 Å². The smallest absolute Gasteiger partial charge is 0.299 e. The maximum atomic E-state index is 8.88. The van der Waals surface area contributed by atoms with Gasteiger partial charge in [0.2, 0.25) is 0 Å². The number of hydrogen-bond acceptors (Lipinski definition) is 2. The lowest BCUT2D eigenvalue weighted by Gasteiger charge is -2.24. The molecule has 1 aromatic rings. The molecule has 0 aromatic heterocycles. The molecule has 1 aliphatic rings. The van der Waals surface area contributed by atoms with Crippen LogP contribution in [0.1, 0.15) is 18.9 Å². The number of hydrogen-bond donors (Lipinski definition) is 0. The summed E-state index contributed by atoms with van der Waals surface area (Å²) in [6.07, 6.45) is 4.28. The van der Waals surface area contributed by atoms with Gasteiger partial charge in [0.15, 0.2) is 0 Å². The first kappa shape index (κ1) is 14.1. The van der Waals surface area contributed by atoms with Crippen LogP contribution in [0.3, 0.4) is 0 Å². The highest BCUT2D eigenvalue weighted by molar-refractivity contribution is 5.93. The fourth-order valence-electron chi connectivity index (χ4n) is 2.23. The van der Waals surface area contributed by atoms with Gasteiger partial charge in [0.25, 0.3) is 5.71 Å². The van der Waals surface area contributed by atoms with E-state index < -0.39 is 0 Å². The zero-order chi connectivity index (χ0) is 14.4. The molecule has 0 amide bonds. The topological polar surface area (TPSA) is 48.9 Å². The molecular formula is C16H19N3O. The molecule has 0 N–H and O–H groups in total. The van der Waals surface area contributed by atoms with Crippen LogP contribution in [0, 0.1) is 0 Å².